The summed E-state index contributed by atoms with van der Waals surface area (Å²) in [5.41, 5.74) is 0. The van der Waals surface area contributed by atoms with Gasteiger partial charge < -0.3 is 4.74 Å². The van der Waals surface area contributed by atoms with Gasteiger partial charge in [0.05, 0.1) is 6.10 Å². The van der Waals surface area contributed by atoms with Crippen LogP contribution in [-0.4, -0.2) is 23.7 Å². The molecule has 4 unspecified atom stereocenters. The van der Waals surface area contributed by atoms with Gasteiger partial charge in [-0.25, -0.2) is 0 Å². The molecule has 4 atom stereocenters. The summed E-state index contributed by atoms with van der Waals surface area (Å²) >= 11 is 2.06. The zero-order valence-electron chi connectivity index (χ0n) is 11.9. The molecule has 0 aromatic carbocycles. The third-order valence-corrected chi connectivity index (χ3v) is 6.71. The number of thioether (sulfide) groups is 1. The fourth-order valence-corrected chi connectivity index (χ4v) is 4.73. The Balaban J connectivity index is 2.03. The molecule has 0 bridgehead atoms. The Bertz CT molecular complexity index is 247. The minimum atomic E-state index is 0.361. The summed E-state index contributed by atoms with van der Waals surface area (Å²) in [7, 11) is 0. The zero-order valence-corrected chi connectivity index (χ0v) is 12.7. The molecule has 2 rings (SSSR count). The smallest absolute Gasteiger partial charge is 0.0722 e. The van der Waals surface area contributed by atoms with Crippen LogP contribution in [0.5, 0.6) is 0 Å². The predicted molar refractivity (Wildman–Crippen MR) is 76.6 cm³/mol. The van der Waals surface area contributed by atoms with E-state index in [0.717, 1.165) is 24.4 Å². The van der Waals surface area contributed by atoms with Crippen molar-refractivity contribution in [3.05, 3.63) is 0 Å². The predicted octanol–water partition coefficient (Wildman–Crippen LogP) is 4.36. The lowest BCUT2D eigenvalue weighted by molar-refractivity contribution is 0.0627. The molecule has 1 nitrogen and oxygen atoms in total. The van der Waals surface area contributed by atoms with Gasteiger partial charge in [-0.2, -0.15) is 11.8 Å². The van der Waals surface area contributed by atoms with Gasteiger partial charge in [0.25, 0.3) is 0 Å². The monoisotopic (exact) mass is 256 g/mol. The van der Waals surface area contributed by atoms with Gasteiger partial charge in [-0.1, -0.05) is 13.8 Å². The van der Waals surface area contributed by atoms with Gasteiger partial charge in [-0.15, -0.1) is 0 Å². The van der Waals surface area contributed by atoms with Gasteiger partial charge in [-0.05, 0) is 63.0 Å². The fourth-order valence-electron chi connectivity index (χ4n) is 3.73. The van der Waals surface area contributed by atoms with Crippen molar-refractivity contribution >= 4 is 11.8 Å². The topological polar surface area (TPSA) is 9.23 Å². The molecule has 2 fully saturated rings. The second-order valence-corrected chi connectivity index (χ2v) is 7.69. The van der Waals surface area contributed by atoms with Crippen LogP contribution < -0.4 is 0 Å². The van der Waals surface area contributed by atoms with Gasteiger partial charge in [0.2, 0.25) is 0 Å². The minimum absolute atomic E-state index is 0.361. The number of ether oxygens (including phenoxy) is 1. The first-order valence-corrected chi connectivity index (χ1v) is 8.47. The third kappa shape index (κ3) is 2.68. The molecule has 17 heavy (non-hydrogen) atoms. The molecule has 1 aliphatic carbocycles. The molecule has 2 aliphatic rings. The van der Waals surface area contributed by atoms with E-state index in [9.17, 15) is 0 Å². The highest BCUT2D eigenvalue weighted by Crippen LogP contribution is 2.49. The van der Waals surface area contributed by atoms with Gasteiger partial charge in [0, 0.05) is 11.4 Å². The van der Waals surface area contributed by atoms with E-state index in [2.05, 4.69) is 38.8 Å². The van der Waals surface area contributed by atoms with E-state index in [1.165, 1.54) is 32.1 Å². The first-order chi connectivity index (χ1) is 8.08. The van der Waals surface area contributed by atoms with E-state index in [-0.39, 0.29) is 0 Å². The summed E-state index contributed by atoms with van der Waals surface area (Å²) in [6.07, 6.45) is 9.61. The van der Waals surface area contributed by atoms with E-state index in [0.29, 0.717) is 10.9 Å². The second kappa shape index (κ2) is 5.52. The maximum atomic E-state index is 6.00. The SMILES string of the molecule is CSC(C)(C1CCC(C(C)C)C1)C1CCCO1. The van der Waals surface area contributed by atoms with Crippen LogP contribution in [0.25, 0.3) is 0 Å². The maximum Gasteiger partial charge on any atom is 0.0722 e. The molecule has 1 saturated heterocycles. The normalized spacial score (nSPS) is 37.6. The molecule has 0 aromatic rings. The Labute approximate surface area is 111 Å². The van der Waals surface area contributed by atoms with Crippen LogP contribution in [0, 0.1) is 17.8 Å². The van der Waals surface area contributed by atoms with Crippen molar-refractivity contribution < 1.29 is 4.74 Å². The molecule has 0 N–H and O–H groups in total. The third-order valence-electron chi connectivity index (χ3n) is 5.24. The Morgan fingerprint density at radius 2 is 2.00 bits per heavy atom. The molecule has 0 radical (unpaired) electrons. The molecule has 0 amide bonds. The maximum absolute atomic E-state index is 6.00. The van der Waals surface area contributed by atoms with Crippen molar-refractivity contribution in [3.63, 3.8) is 0 Å². The summed E-state index contributed by atoms with van der Waals surface area (Å²) in [6, 6.07) is 0. The average molecular weight is 256 g/mol. The Kier molecular flexibility index (Phi) is 4.46. The van der Waals surface area contributed by atoms with E-state index in [1.807, 2.05) is 0 Å². The average Bonchev–Trinajstić information content (AvgIpc) is 2.98. The quantitative estimate of drug-likeness (QED) is 0.739. The summed E-state index contributed by atoms with van der Waals surface area (Å²) in [6.45, 7) is 8.22. The van der Waals surface area contributed by atoms with Gasteiger partial charge in [0.1, 0.15) is 0 Å². The highest BCUT2D eigenvalue weighted by atomic mass is 32.2. The van der Waals surface area contributed by atoms with E-state index >= 15 is 0 Å². The highest BCUT2D eigenvalue weighted by molar-refractivity contribution is 8.00. The van der Waals surface area contributed by atoms with Crippen LogP contribution in [0.2, 0.25) is 0 Å². The lowest BCUT2D eigenvalue weighted by atomic mass is 9.83. The molecule has 0 aromatic heterocycles. The van der Waals surface area contributed by atoms with Gasteiger partial charge in [0.15, 0.2) is 0 Å². The summed E-state index contributed by atoms with van der Waals surface area (Å²) < 4.78 is 6.36. The van der Waals surface area contributed by atoms with E-state index in [1.54, 1.807) is 0 Å². The zero-order chi connectivity index (χ0) is 12.5. The minimum Gasteiger partial charge on any atom is -0.377 e. The van der Waals surface area contributed by atoms with Crippen molar-refractivity contribution in [2.75, 3.05) is 12.9 Å². The van der Waals surface area contributed by atoms with Crippen LogP contribution in [0.3, 0.4) is 0 Å². The number of hydrogen-bond donors (Lipinski definition) is 0. The second-order valence-electron chi connectivity index (χ2n) is 6.40. The van der Waals surface area contributed by atoms with Crippen LogP contribution in [-0.2, 0) is 4.74 Å². The molecular formula is C15H28OS. The van der Waals surface area contributed by atoms with E-state index < -0.39 is 0 Å². The largest absolute Gasteiger partial charge is 0.377 e. The number of hydrogen-bond acceptors (Lipinski definition) is 2. The molecule has 1 heterocycles. The lowest BCUT2D eigenvalue weighted by Gasteiger charge is -2.39. The Morgan fingerprint density at radius 1 is 1.24 bits per heavy atom. The van der Waals surface area contributed by atoms with Crippen LogP contribution in [0.4, 0.5) is 0 Å². The van der Waals surface area contributed by atoms with Gasteiger partial charge in [-0.3, -0.25) is 0 Å². The molecule has 100 valence electrons. The molecule has 0 spiro atoms. The summed E-state index contributed by atoms with van der Waals surface area (Å²) in [4.78, 5) is 0. The molecule has 2 heteroatoms. The van der Waals surface area contributed by atoms with E-state index in [4.69, 9.17) is 4.74 Å². The molecule has 1 aliphatic heterocycles. The lowest BCUT2D eigenvalue weighted by Crippen LogP contribution is -2.42. The molecule has 1 saturated carbocycles. The van der Waals surface area contributed by atoms with Crippen LogP contribution in [0.15, 0.2) is 0 Å². The fraction of sp³-hybridized carbons (Fsp3) is 1.00. The Morgan fingerprint density at radius 3 is 2.47 bits per heavy atom. The summed E-state index contributed by atoms with van der Waals surface area (Å²) in [5.74, 6) is 2.68. The standard InChI is InChI=1S/C15H28OS/c1-11(2)12-7-8-13(10-12)15(3,17-4)14-6-5-9-16-14/h11-14H,5-10H2,1-4H3. The van der Waals surface area contributed by atoms with Gasteiger partial charge >= 0.3 is 0 Å². The number of rotatable bonds is 4. The van der Waals surface area contributed by atoms with Crippen molar-refractivity contribution in [1.29, 1.82) is 0 Å². The van der Waals surface area contributed by atoms with Crippen molar-refractivity contribution in [1.82, 2.24) is 0 Å². The van der Waals surface area contributed by atoms with Crippen molar-refractivity contribution in [3.8, 4) is 0 Å². The van der Waals surface area contributed by atoms with Crippen LogP contribution >= 0.6 is 11.8 Å². The first-order valence-electron chi connectivity index (χ1n) is 7.24. The van der Waals surface area contributed by atoms with Crippen LogP contribution in [0.1, 0.15) is 52.9 Å². The summed E-state index contributed by atoms with van der Waals surface area (Å²) in [5, 5.41) is 0. The highest BCUT2D eigenvalue weighted by Gasteiger charge is 2.46. The molecular weight excluding hydrogens is 228 g/mol. The van der Waals surface area contributed by atoms with Crippen molar-refractivity contribution in [2.24, 2.45) is 17.8 Å². The Hall–Kier alpha value is 0.310. The van der Waals surface area contributed by atoms with Crippen molar-refractivity contribution in [2.45, 2.75) is 63.7 Å². The first kappa shape index (κ1) is 13.7.